The number of nitriles is 1. The highest BCUT2D eigenvalue weighted by Gasteiger charge is 2.25. The number of aryl methyl sites for hydroxylation is 2. The van der Waals surface area contributed by atoms with E-state index in [2.05, 4.69) is 46.5 Å². The molecule has 33 heavy (non-hydrogen) atoms. The fourth-order valence-corrected chi connectivity index (χ4v) is 5.84. The fourth-order valence-electron chi connectivity index (χ4n) is 4.80. The predicted molar refractivity (Wildman–Crippen MR) is 134 cm³/mol. The molecule has 7 nitrogen and oxygen atoms in total. The van der Waals surface area contributed by atoms with E-state index in [0.29, 0.717) is 5.56 Å². The van der Waals surface area contributed by atoms with Gasteiger partial charge in [0.15, 0.2) is 0 Å². The summed E-state index contributed by atoms with van der Waals surface area (Å²) in [6.45, 7) is 13.3. The Hall–Kier alpha value is -2.76. The number of pyridine rings is 1. The molecule has 2 aliphatic rings. The van der Waals surface area contributed by atoms with E-state index in [1.807, 2.05) is 6.07 Å². The second-order valence-corrected chi connectivity index (χ2v) is 10.6. The zero-order valence-corrected chi connectivity index (χ0v) is 20.5. The van der Waals surface area contributed by atoms with Crippen LogP contribution in [0, 0.1) is 31.1 Å². The average Bonchev–Trinajstić information content (AvgIpc) is 3.13. The summed E-state index contributed by atoms with van der Waals surface area (Å²) < 4.78 is 0. The highest BCUT2D eigenvalue weighted by Crippen LogP contribution is 2.36. The first kappa shape index (κ1) is 22.1. The van der Waals surface area contributed by atoms with E-state index in [1.165, 1.54) is 28.7 Å². The topological polar surface area (TPSA) is 72.2 Å². The van der Waals surface area contributed by atoms with Crippen LogP contribution in [0.3, 0.4) is 0 Å². The van der Waals surface area contributed by atoms with Crippen molar-refractivity contribution >= 4 is 33.2 Å². The van der Waals surface area contributed by atoms with Crippen LogP contribution in [0.1, 0.15) is 41.6 Å². The molecule has 0 saturated carbocycles. The minimum Gasteiger partial charge on any atom is -0.353 e. The normalized spacial score (nSPS) is 18.1. The molecule has 2 aliphatic heterocycles. The molecule has 0 radical (unpaired) electrons. The summed E-state index contributed by atoms with van der Waals surface area (Å²) in [4.78, 5) is 24.2. The molecule has 0 bridgehead atoms. The summed E-state index contributed by atoms with van der Waals surface area (Å²) in [6.07, 6.45) is 4.24. The van der Waals surface area contributed by atoms with Gasteiger partial charge in [-0.1, -0.05) is 6.92 Å². The first-order valence-electron chi connectivity index (χ1n) is 11.9. The van der Waals surface area contributed by atoms with Crippen molar-refractivity contribution in [3.05, 3.63) is 40.2 Å². The molecule has 172 valence electrons. The zero-order chi connectivity index (χ0) is 22.9. The number of rotatable bonds is 4. The van der Waals surface area contributed by atoms with Crippen molar-refractivity contribution in [2.75, 3.05) is 49.1 Å². The van der Waals surface area contributed by atoms with Gasteiger partial charge in [-0.25, -0.2) is 15.0 Å². The minimum atomic E-state index is 0.654. The van der Waals surface area contributed by atoms with Gasteiger partial charge in [-0.2, -0.15) is 5.26 Å². The van der Waals surface area contributed by atoms with Crippen LogP contribution in [0.2, 0.25) is 0 Å². The van der Waals surface area contributed by atoms with Crippen LogP contribution in [-0.2, 0) is 6.54 Å². The highest BCUT2D eigenvalue weighted by molar-refractivity contribution is 7.18. The van der Waals surface area contributed by atoms with E-state index in [9.17, 15) is 5.26 Å². The molecule has 0 unspecified atom stereocenters. The van der Waals surface area contributed by atoms with Crippen molar-refractivity contribution in [1.82, 2.24) is 19.9 Å². The van der Waals surface area contributed by atoms with E-state index in [-0.39, 0.29) is 0 Å². The summed E-state index contributed by atoms with van der Waals surface area (Å²) in [6, 6.07) is 5.85. The number of nitrogens with zero attached hydrogens (tertiary/aromatic N) is 7. The third kappa shape index (κ3) is 4.53. The Morgan fingerprint density at radius 1 is 1.06 bits per heavy atom. The fraction of sp³-hybridized carbons (Fsp3) is 0.520. The number of fused-ring (bicyclic) bond motifs is 1. The molecule has 5 rings (SSSR count). The maximum Gasteiger partial charge on any atom is 0.146 e. The van der Waals surface area contributed by atoms with Gasteiger partial charge in [0.25, 0.3) is 0 Å². The van der Waals surface area contributed by atoms with E-state index < -0.39 is 0 Å². The summed E-state index contributed by atoms with van der Waals surface area (Å²) >= 11 is 1.79. The lowest BCUT2D eigenvalue weighted by atomic mass is 9.99. The first-order valence-corrected chi connectivity index (χ1v) is 12.7. The summed E-state index contributed by atoms with van der Waals surface area (Å²) in [7, 11) is 0. The van der Waals surface area contributed by atoms with Gasteiger partial charge in [0.2, 0.25) is 0 Å². The Labute approximate surface area is 199 Å². The Bertz CT molecular complexity index is 1180. The minimum absolute atomic E-state index is 0.654. The summed E-state index contributed by atoms with van der Waals surface area (Å²) in [5.41, 5.74) is 1.95. The molecule has 0 aliphatic carbocycles. The molecule has 0 amide bonds. The van der Waals surface area contributed by atoms with Crippen molar-refractivity contribution in [3.63, 3.8) is 0 Å². The number of likely N-dealkylation sites (tertiary alicyclic amines) is 1. The van der Waals surface area contributed by atoms with Gasteiger partial charge in [-0.15, -0.1) is 11.3 Å². The second-order valence-electron chi connectivity index (χ2n) is 9.37. The smallest absolute Gasteiger partial charge is 0.146 e. The van der Waals surface area contributed by atoms with Crippen molar-refractivity contribution in [2.24, 2.45) is 5.92 Å². The first-order chi connectivity index (χ1) is 16.0. The van der Waals surface area contributed by atoms with Crippen LogP contribution in [0.15, 0.2) is 18.3 Å². The maximum atomic E-state index is 9.21. The monoisotopic (exact) mass is 461 g/mol. The Kier molecular flexibility index (Phi) is 6.17. The lowest BCUT2D eigenvalue weighted by Gasteiger charge is -2.36. The number of piperazine rings is 1. The lowest BCUT2D eigenvalue weighted by Crippen LogP contribution is -2.47. The van der Waals surface area contributed by atoms with Crippen molar-refractivity contribution < 1.29 is 0 Å². The van der Waals surface area contributed by atoms with Gasteiger partial charge in [0.05, 0.1) is 23.6 Å². The maximum absolute atomic E-state index is 9.21. The molecule has 2 fully saturated rings. The third-order valence-electron chi connectivity index (χ3n) is 7.07. The SMILES string of the molecule is Cc1sc2nc(CN3CCC(C)CC3)nc(N3CCN(c4cc(C#N)ccn4)CC3)c2c1C. The number of hydrogen-bond acceptors (Lipinski definition) is 8. The third-order valence-corrected chi connectivity index (χ3v) is 8.18. The van der Waals surface area contributed by atoms with Crippen molar-refractivity contribution in [1.29, 1.82) is 5.26 Å². The van der Waals surface area contributed by atoms with E-state index >= 15 is 0 Å². The molecule has 5 heterocycles. The van der Waals surface area contributed by atoms with Gasteiger partial charge < -0.3 is 9.80 Å². The van der Waals surface area contributed by atoms with Gasteiger partial charge in [-0.05, 0) is 63.4 Å². The number of thiophene rings is 1. The summed E-state index contributed by atoms with van der Waals surface area (Å²) in [5, 5.41) is 10.4. The van der Waals surface area contributed by atoms with Crippen LogP contribution in [-0.4, -0.2) is 59.1 Å². The van der Waals surface area contributed by atoms with E-state index in [1.54, 1.807) is 23.6 Å². The van der Waals surface area contributed by atoms with Crippen LogP contribution in [0.25, 0.3) is 10.2 Å². The van der Waals surface area contributed by atoms with Gasteiger partial charge in [0.1, 0.15) is 22.3 Å². The van der Waals surface area contributed by atoms with Crippen LogP contribution < -0.4 is 9.80 Å². The van der Waals surface area contributed by atoms with Gasteiger partial charge in [-0.3, -0.25) is 4.90 Å². The molecule has 3 aromatic heterocycles. The van der Waals surface area contributed by atoms with E-state index in [4.69, 9.17) is 9.97 Å². The Balaban J connectivity index is 1.39. The molecule has 3 aromatic rings. The second kappa shape index (κ2) is 9.24. The average molecular weight is 462 g/mol. The molecular weight excluding hydrogens is 430 g/mol. The molecule has 8 heteroatoms. The standard InChI is InChI=1S/C25H31N7S/c1-17-5-8-30(9-6-17)16-21-28-24(23-18(2)19(3)33-25(23)29-21)32-12-10-31(11-13-32)22-14-20(15-26)4-7-27-22/h4,7,14,17H,5-6,8-13,16H2,1-3H3. The molecule has 0 atom stereocenters. The molecule has 0 spiro atoms. The Morgan fingerprint density at radius 3 is 2.52 bits per heavy atom. The molecule has 0 aromatic carbocycles. The van der Waals surface area contributed by atoms with E-state index in [0.717, 1.165) is 74.0 Å². The number of piperidine rings is 1. The summed E-state index contributed by atoms with van der Waals surface area (Å²) in [5.74, 6) is 3.73. The number of aromatic nitrogens is 3. The molecule has 2 saturated heterocycles. The highest BCUT2D eigenvalue weighted by atomic mass is 32.1. The van der Waals surface area contributed by atoms with Crippen LogP contribution in [0.5, 0.6) is 0 Å². The largest absolute Gasteiger partial charge is 0.353 e. The Morgan fingerprint density at radius 2 is 1.79 bits per heavy atom. The molecule has 0 N–H and O–H groups in total. The van der Waals surface area contributed by atoms with Crippen molar-refractivity contribution in [2.45, 2.75) is 40.2 Å². The van der Waals surface area contributed by atoms with Crippen LogP contribution in [0.4, 0.5) is 11.6 Å². The van der Waals surface area contributed by atoms with Gasteiger partial charge in [0, 0.05) is 37.3 Å². The predicted octanol–water partition coefficient (Wildman–Crippen LogP) is 4.13. The number of anilines is 2. The zero-order valence-electron chi connectivity index (χ0n) is 19.7. The van der Waals surface area contributed by atoms with Gasteiger partial charge >= 0.3 is 0 Å². The van der Waals surface area contributed by atoms with Crippen molar-refractivity contribution in [3.8, 4) is 6.07 Å². The molecular formula is C25H31N7S. The quantitative estimate of drug-likeness (QED) is 0.578. The number of hydrogen-bond donors (Lipinski definition) is 0. The van der Waals surface area contributed by atoms with Crippen LogP contribution >= 0.6 is 11.3 Å². The lowest BCUT2D eigenvalue weighted by molar-refractivity contribution is 0.181.